The second kappa shape index (κ2) is 31.9. The van der Waals surface area contributed by atoms with Gasteiger partial charge >= 0.3 is 23.9 Å². The van der Waals surface area contributed by atoms with E-state index in [9.17, 15) is 29.4 Å². The highest BCUT2D eigenvalue weighted by atomic mass is 16.6. The Morgan fingerprint density at radius 2 is 0.787 bits per heavy atom. The van der Waals surface area contributed by atoms with Gasteiger partial charge in [0.2, 0.25) is 0 Å². The van der Waals surface area contributed by atoms with Crippen molar-refractivity contribution >= 4 is 23.9 Å². The third-order valence-electron chi connectivity index (χ3n) is 7.65. The van der Waals surface area contributed by atoms with Crippen LogP contribution in [0.2, 0.25) is 0 Å². The van der Waals surface area contributed by atoms with Crippen molar-refractivity contribution in [2.45, 2.75) is 142 Å². The van der Waals surface area contributed by atoms with Crippen molar-refractivity contribution in [1.82, 2.24) is 0 Å². The van der Waals surface area contributed by atoms with E-state index < -0.39 is 30.6 Å². The third kappa shape index (κ3) is 28.0. The van der Waals surface area contributed by atoms with Crippen LogP contribution in [0, 0.1) is 5.41 Å². The number of allylic oxidation sites excluding steroid dienone is 2. The number of hydrogen-bond donors (Lipinski definition) is 2. The summed E-state index contributed by atoms with van der Waals surface area (Å²) in [5.74, 6) is -1.33. The van der Waals surface area contributed by atoms with Gasteiger partial charge in [-0.25, -0.2) is 0 Å². The number of ether oxygens (including phenoxy) is 4. The molecule has 0 aromatic carbocycles. The Kier molecular flexibility index (Phi) is 30.0. The fourth-order valence-corrected chi connectivity index (χ4v) is 4.41. The lowest BCUT2D eigenvalue weighted by atomic mass is 9.92. The summed E-state index contributed by atoms with van der Waals surface area (Å²) in [5.41, 5.74) is -1.28. The van der Waals surface area contributed by atoms with Crippen LogP contribution in [0.15, 0.2) is 24.3 Å². The molecule has 0 aliphatic heterocycles. The summed E-state index contributed by atoms with van der Waals surface area (Å²) >= 11 is 0. The van der Waals surface area contributed by atoms with E-state index in [1.807, 2.05) is 12.2 Å². The van der Waals surface area contributed by atoms with E-state index in [2.05, 4.69) is 26.0 Å². The highest BCUT2D eigenvalue weighted by molar-refractivity contribution is 5.70. The first-order valence-corrected chi connectivity index (χ1v) is 18.0. The number of esters is 4. The topological polar surface area (TPSA) is 146 Å². The van der Waals surface area contributed by atoms with Gasteiger partial charge in [0.15, 0.2) is 0 Å². The zero-order valence-electron chi connectivity index (χ0n) is 29.4. The van der Waals surface area contributed by atoms with Crippen LogP contribution in [0.3, 0.4) is 0 Å². The van der Waals surface area contributed by atoms with E-state index in [-0.39, 0.29) is 38.0 Å². The van der Waals surface area contributed by atoms with Crippen molar-refractivity contribution in [3.05, 3.63) is 24.3 Å². The summed E-state index contributed by atoms with van der Waals surface area (Å²) in [7, 11) is 0. The molecule has 0 aromatic rings. The minimum atomic E-state index is -1.28. The predicted octanol–water partition coefficient (Wildman–Crippen LogP) is 7.08. The molecule has 0 aliphatic rings. The van der Waals surface area contributed by atoms with Gasteiger partial charge in [0.25, 0.3) is 0 Å². The molecule has 0 atom stereocenters. The van der Waals surface area contributed by atoms with Crippen molar-refractivity contribution < 1.29 is 48.3 Å². The van der Waals surface area contributed by atoms with Crippen molar-refractivity contribution in [3.8, 4) is 0 Å². The maximum absolute atomic E-state index is 12.2. The number of aliphatic hydroxyl groups excluding tert-OH is 2. The fraction of sp³-hybridized carbons (Fsp3) is 0.784. The van der Waals surface area contributed by atoms with Gasteiger partial charge in [-0.2, -0.15) is 0 Å². The minimum Gasteiger partial charge on any atom is -0.465 e. The van der Waals surface area contributed by atoms with Crippen LogP contribution in [0.4, 0.5) is 0 Å². The van der Waals surface area contributed by atoms with Crippen LogP contribution >= 0.6 is 0 Å². The average molecular weight is 669 g/mol. The molecule has 0 spiro atoms. The van der Waals surface area contributed by atoms with Gasteiger partial charge in [-0.3, -0.25) is 19.2 Å². The highest BCUT2D eigenvalue weighted by Crippen LogP contribution is 2.19. The maximum Gasteiger partial charge on any atom is 0.305 e. The number of hydrogen-bond acceptors (Lipinski definition) is 10. The van der Waals surface area contributed by atoms with Crippen LogP contribution in [-0.2, 0) is 38.1 Å². The van der Waals surface area contributed by atoms with Gasteiger partial charge in [-0.05, 0) is 51.4 Å². The fourth-order valence-electron chi connectivity index (χ4n) is 4.41. The maximum atomic E-state index is 12.2. The Balaban J connectivity index is 3.95. The molecule has 2 N–H and O–H groups in total. The molecule has 0 radical (unpaired) electrons. The molecule has 0 saturated carbocycles. The largest absolute Gasteiger partial charge is 0.465 e. The summed E-state index contributed by atoms with van der Waals surface area (Å²) in [6.07, 6.45) is 23.3. The molecule has 10 heteroatoms. The normalized spacial score (nSPS) is 11.7. The Hall–Kier alpha value is -2.72. The molecule has 0 aliphatic carbocycles. The van der Waals surface area contributed by atoms with E-state index in [1.54, 1.807) is 0 Å². The van der Waals surface area contributed by atoms with Crippen LogP contribution in [-0.4, -0.2) is 73.7 Å². The monoisotopic (exact) mass is 668 g/mol. The summed E-state index contributed by atoms with van der Waals surface area (Å²) < 4.78 is 21.0. The number of rotatable bonds is 32. The van der Waals surface area contributed by atoms with Crippen LogP contribution in [0.25, 0.3) is 0 Å². The van der Waals surface area contributed by atoms with E-state index in [0.717, 1.165) is 64.2 Å². The van der Waals surface area contributed by atoms with Crippen LogP contribution in [0.5, 0.6) is 0 Å². The lowest BCUT2D eigenvalue weighted by Crippen LogP contribution is -2.41. The molecule has 0 rings (SSSR count). The van der Waals surface area contributed by atoms with Crippen LogP contribution < -0.4 is 0 Å². The van der Waals surface area contributed by atoms with Crippen molar-refractivity contribution in [2.75, 3.05) is 39.6 Å². The molecular weight excluding hydrogens is 604 g/mol. The standard InChI is InChI=1S/C37H64O10/c1-3-5-7-9-15-21-27-44-33(40)23-17-11-13-19-25-35(42)46-31-37(29-38,30-39)32-47-36(43)26-20-14-12-18-24-34(41)45-28-22-16-10-8-6-4-2/h9-10,15-16,38-39H,3-8,11-14,17-32H2,1-2H3/b15-9-,16-10-. The van der Waals surface area contributed by atoms with E-state index in [0.29, 0.717) is 51.7 Å². The second-order valence-corrected chi connectivity index (χ2v) is 12.2. The molecule has 272 valence electrons. The van der Waals surface area contributed by atoms with Crippen molar-refractivity contribution in [1.29, 1.82) is 0 Å². The zero-order valence-corrected chi connectivity index (χ0v) is 29.4. The highest BCUT2D eigenvalue weighted by Gasteiger charge is 2.33. The number of unbranched alkanes of at least 4 members (excludes halogenated alkanes) is 10. The Morgan fingerprint density at radius 1 is 0.468 bits per heavy atom. The van der Waals surface area contributed by atoms with Crippen molar-refractivity contribution in [3.63, 3.8) is 0 Å². The third-order valence-corrected chi connectivity index (χ3v) is 7.65. The van der Waals surface area contributed by atoms with Gasteiger partial charge in [0, 0.05) is 25.7 Å². The lowest BCUT2D eigenvalue weighted by Gasteiger charge is -2.28. The lowest BCUT2D eigenvalue weighted by molar-refractivity contribution is -0.159. The molecule has 0 bridgehead atoms. The molecule has 0 fully saturated rings. The van der Waals surface area contributed by atoms with Gasteiger partial charge in [0.1, 0.15) is 13.2 Å². The first-order chi connectivity index (χ1) is 22.8. The van der Waals surface area contributed by atoms with Gasteiger partial charge in [0.05, 0.1) is 31.8 Å². The summed E-state index contributed by atoms with van der Waals surface area (Å²) in [4.78, 5) is 48.0. The summed E-state index contributed by atoms with van der Waals surface area (Å²) in [6.45, 7) is 3.54. The molecule has 10 nitrogen and oxygen atoms in total. The second-order valence-electron chi connectivity index (χ2n) is 12.2. The molecule has 47 heavy (non-hydrogen) atoms. The van der Waals surface area contributed by atoms with Gasteiger partial charge < -0.3 is 29.2 Å². The van der Waals surface area contributed by atoms with Crippen molar-refractivity contribution in [2.24, 2.45) is 5.41 Å². The Bertz CT molecular complexity index is 797. The average Bonchev–Trinajstić information content (AvgIpc) is 3.07. The molecule has 0 saturated heterocycles. The van der Waals surface area contributed by atoms with E-state index in [4.69, 9.17) is 18.9 Å². The molecule has 0 amide bonds. The smallest absolute Gasteiger partial charge is 0.305 e. The number of carbonyl (C=O) groups excluding carboxylic acids is 4. The van der Waals surface area contributed by atoms with Gasteiger partial charge in [-0.15, -0.1) is 0 Å². The number of carbonyl (C=O) groups is 4. The minimum absolute atomic E-state index is 0.176. The molecule has 0 unspecified atom stereocenters. The van der Waals surface area contributed by atoms with E-state index >= 15 is 0 Å². The summed E-state index contributed by atoms with van der Waals surface area (Å²) in [5, 5.41) is 19.7. The Morgan fingerprint density at radius 3 is 1.11 bits per heavy atom. The quantitative estimate of drug-likeness (QED) is 0.0330. The Labute approximate surface area is 283 Å². The predicted molar refractivity (Wildman–Crippen MR) is 182 cm³/mol. The molecular formula is C37H64O10. The molecule has 0 aromatic heterocycles. The SMILES string of the molecule is CCCC/C=C\CCOC(=O)CCCCCCC(=O)OCC(CO)(CO)COC(=O)CCCCCCC(=O)OCC/C=C\CCCC. The molecule has 0 heterocycles. The first kappa shape index (κ1) is 44.3. The zero-order chi connectivity index (χ0) is 34.9. The van der Waals surface area contributed by atoms with E-state index in [1.165, 1.54) is 12.8 Å². The number of aliphatic hydroxyl groups is 2. The van der Waals surface area contributed by atoms with Gasteiger partial charge in [-0.1, -0.05) is 89.5 Å². The first-order valence-electron chi connectivity index (χ1n) is 18.0. The summed E-state index contributed by atoms with van der Waals surface area (Å²) in [6, 6.07) is 0. The van der Waals surface area contributed by atoms with Crippen LogP contribution in [0.1, 0.15) is 142 Å².